The van der Waals surface area contributed by atoms with Crippen molar-refractivity contribution >= 4 is 34.2 Å². The Balaban J connectivity index is 2.05. The van der Waals surface area contributed by atoms with Gasteiger partial charge in [-0.15, -0.1) is 0 Å². The summed E-state index contributed by atoms with van der Waals surface area (Å²) in [4.78, 5) is 14.7. The fraction of sp³-hybridized carbons (Fsp3) is 0.316. The number of nitrogens with one attached hydrogen (secondary N) is 1. The molecule has 0 heterocycles. The number of likely N-dealkylation sites (N-methyl/N-ethyl adjacent to an activating group) is 1. The van der Waals surface area contributed by atoms with Crippen LogP contribution in [0.1, 0.15) is 17.3 Å². The molecule has 1 N–H and O–H groups in total. The van der Waals surface area contributed by atoms with Crippen molar-refractivity contribution in [3.05, 3.63) is 51.6 Å². The number of nitrogens with zero attached hydrogens (tertiary/aromatic N) is 1. The van der Waals surface area contributed by atoms with Gasteiger partial charge in [-0.1, -0.05) is 18.2 Å². The molecule has 5 nitrogen and oxygen atoms in total. The van der Waals surface area contributed by atoms with Gasteiger partial charge in [0, 0.05) is 28.9 Å². The number of methoxy groups -OCH3 is 2. The highest BCUT2D eigenvalue weighted by Gasteiger charge is 2.17. The number of hydrogen-bond donors (Lipinski definition) is 1. The summed E-state index contributed by atoms with van der Waals surface area (Å²) in [5.41, 5.74) is 1.69. The lowest BCUT2D eigenvalue weighted by Gasteiger charge is -2.27. The number of carbonyl (C=O) groups is 1. The maximum Gasteiger partial charge on any atom is 0.252 e. The molecule has 0 aliphatic heterocycles. The Morgan fingerprint density at radius 2 is 1.76 bits per heavy atom. The van der Waals surface area contributed by atoms with Crippen LogP contribution in [0.5, 0.6) is 11.5 Å². The first kappa shape index (κ1) is 19.4. The van der Waals surface area contributed by atoms with Crippen molar-refractivity contribution in [3.8, 4) is 11.5 Å². The van der Waals surface area contributed by atoms with Gasteiger partial charge in [0.15, 0.2) is 11.5 Å². The Bertz CT molecular complexity index is 722. The SMILES string of the molecule is COc1cc(I)c(C(=O)NCC(C)N(C)c2ccccc2)cc1OC. The average Bonchev–Trinajstić information content (AvgIpc) is 2.65. The molecule has 0 bridgehead atoms. The number of carbonyl (C=O) groups excluding carboxylic acids is 1. The Morgan fingerprint density at radius 1 is 1.16 bits per heavy atom. The highest BCUT2D eigenvalue weighted by molar-refractivity contribution is 14.1. The fourth-order valence-corrected chi connectivity index (χ4v) is 3.10. The lowest BCUT2D eigenvalue weighted by Crippen LogP contribution is -2.40. The maximum atomic E-state index is 12.6. The van der Waals surface area contributed by atoms with Crippen molar-refractivity contribution in [1.82, 2.24) is 5.32 Å². The molecule has 1 unspecified atom stereocenters. The van der Waals surface area contributed by atoms with E-state index in [1.54, 1.807) is 26.4 Å². The number of hydrogen-bond acceptors (Lipinski definition) is 4. The van der Waals surface area contributed by atoms with E-state index in [-0.39, 0.29) is 11.9 Å². The van der Waals surface area contributed by atoms with Gasteiger partial charge in [0.05, 0.1) is 19.8 Å². The van der Waals surface area contributed by atoms with Gasteiger partial charge in [0.25, 0.3) is 5.91 Å². The zero-order valence-corrected chi connectivity index (χ0v) is 17.0. The van der Waals surface area contributed by atoms with Crippen LogP contribution in [0.25, 0.3) is 0 Å². The zero-order valence-electron chi connectivity index (χ0n) is 14.9. The number of halogens is 1. The summed E-state index contributed by atoms with van der Waals surface area (Å²) in [5, 5.41) is 3.00. The van der Waals surface area contributed by atoms with Gasteiger partial charge in [-0.25, -0.2) is 0 Å². The van der Waals surface area contributed by atoms with Gasteiger partial charge in [0.1, 0.15) is 0 Å². The highest BCUT2D eigenvalue weighted by atomic mass is 127. The minimum absolute atomic E-state index is 0.126. The van der Waals surface area contributed by atoms with Crippen LogP contribution in [0.15, 0.2) is 42.5 Å². The minimum atomic E-state index is -0.126. The van der Waals surface area contributed by atoms with E-state index in [0.29, 0.717) is 23.6 Å². The van der Waals surface area contributed by atoms with Crippen LogP contribution in [-0.4, -0.2) is 39.8 Å². The molecule has 0 spiro atoms. The molecule has 2 rings (SSSR count). The van der Waals surface area contributed by atoms with Crippen molar-refractivity contribution in [2.75, 3.05) is 32.7 Å². The van der Waals surface area contributed by atoms with Gasteiger partial charge in [-0.05, 0) is 53.8 Å². The predicted molar refractivity (Wildman–Crippen MR) is 109 cm³/mol. The van der Waals surface area contributed by atoms with Crippen LogP contribution >= 0.6 is 22.6 Å². The number of benzene rings is 2. The van der Waals surface area contributed by atoms with Crippen molar-refractivity contribution in [2.24, 2.45) is 0 Å². The Labute approximate surface area is 162 Å². The van der Waals surface area contributed by atoms with Gasteiger partial charge in [-0.3, -0.25) is 4.79 Å². The molecule has 0 aromatic heterocycles. The molecule has 1 amide bonds. The van der Waals surface area contributed by atoms with Crippen molar-refractivity contribution in [2.45, 2.75) is 13.0 Å². The summed E-state index contributed by atoms with van der Waals surface area (Å²) in [5.74, 6) is 1.03. The van der Waals surface area contributed by atoms with Crippen LogP contribution in [0.3, 0.4) is 0 Å². The fourth-order valence-electron chi connectivity index (χ4n) is 2.42. The summed E-state index contributed by atoms with van der Waals surface area (Å²) in [6.07, 6.45) is 0. The number of amides is 1. The van der Waals surface area contributed by atoms with Crippen molar-refractivity contribution in [1.29, 1.82) is 0 Å². The third kappa shape index (κ3) is 4.78. The van der Waals surface area contributed by atoms with Gasteiger partial charge in [0.2, 0.25) is 0 Å². The van der Waals surface area contributed by atoms with E-state index in [9.17, 15) is 4.79 Å². The normalized spacial score (nSPS) is 11.6. The van der Waals surface area contributed by atoms with E-state index in [2.05, 4.69) is 51.9 Å². The largest absolute Gasteiger partial charge is 0.493 e. The molecule has 6 heteroatoms. The molecule has 0 aliphatic rings. The maximum absolute atomic E-state index is 12.6. The van der Waals surface area contributed by atoms with Crippen molar-refractivity contribution in [3.63, 3.8) is 0 Å². The average molecular weight is 454 g/mol. The number of para-hydroxylation sites is 1. The smallest absolute Gasteiger partial charge is 0.252 e. The Hall–Kier alpha value is -1.96. The molecular weight excluding hydrogens is 431 g/mol. The Morgan fingerprint density at radius 3 is 2.36 bits per heavy atom. The molecule has 1 atom stereocenters. The second-order valence-electron chi connectivity index (χ2n) is 5.69. The third-order valence-electron chi connectivity index (χ3n) is 4.10. The van der Waals surface area contributed by atoms with E-state index < -0.39 is 0 Å². The molecule has 0 saturated heterocycles. The Kier molecular flexibility index (Phi) is 6.92. The van der Waals surface area contributed by atoms with E-state index >= 15 is 0 Å². The lowest BCUT2D eigenvalue weighted by molar-refractivity contribution is 0.0950. The summed E-state index contributed by atoms with van der Waals surface area (Å²) >= 11 is 2.13. The van der Waals surface area contributed by atoms with E-state index in [1.165, 1.54) is 0 Å². The quantitative estimate of drug-likeness (QED) is 0.651. The van der Waals surface area contributed by atoms with Crippen LogP contribution in [-0.2, 0) is 0 Å². The van der Waals surface area contributed by atoms with Crippen LogP contribution in [0, 0.1) is 3.57 Å². The number of anilines is 1. The monoisotopic (exact) mass is 454 g/mol. The first-order valence-electron chi connectivity index (χ1n) is 7.95. The topological polar surface area (TPSA) is 50.8 Å². The molecule has 25 heavy (non-hydrogen) atoms. The predicted octanol–water partition coefficient (Wildman–Crippen LogP) is 3.56. The van der Waals surface area contributed by atoms with Crippen LogP contribution in [0.4, 0.5) is 5.69 Å². The number of ether oxygens (including phenoxy) is 2. The van der Waals surface area contributed by atoms with Gasteiger partial charge in [-0.2, -0.15) is 0 Å². The van der Waals surface area contributed by atoms with E-state index in [1.807, 2.05) is 25.2 Å². The standard InChI is InChI=1S/C19H23IN2O3/c1-13(22(2)14-8-6-5-7-9-14)12-21-19(23)15-10-17(24-3)18(25-4)11-16(15)20/h5-11,13H,12H2,1-4H3,(H,21,23). The second-order valence-corrected chi connectivity index (χ2v) is 6.85. The molecule has 0 radical (unpaired) electrons. The molecule has 0 saturated carbocycles. The molecule has 0 fully saturated rings. The van der Waals surface area contributed by atoms with Crippen molar-refractivity contribution < 1.29 is 14.3 Å². The molecular formula is C19H23IN2O3. The summed E-state index contributed by atoms with van der Waals surface area (Å²) in [6.45, 7) is 2.61. The molecule has 0 aliphatic carbocycles. The molecule has 134 valence electrons. The summed E-state index contributed by atoms with van der Waals surface area (Å²) in [7, 11) is 5.16. The summed E-state index contributed by atoms with van der Waals surface area (Å²) < 4.78 is 11.4. The second kappa shape index (κ2) is 8.94. The molecule has 2 aromatic rings. The van der Waals surface area contributed by atoms with E-state index in [0.717, 1.165) is 9.26 Å². The van der Waals surface area contributed by atoms with Crippen LogP contribution in [0.2, 0.25) is 0 Å². The van der Waals surface area contributed by atoms with Gasteiger partial charge >= 0.3 is 0 Å². The molecule has 2 aromatic carbocycles. The lowest BCUT2D eigenvalue weighted by atomic mass is 10.1. The highest BCUT2D eigenvalue weighted by Crippen LogP contribution is 2.31. The minimum Gasteiger partial charge on any atom is -0.493 e. The summed E-state index contributed by atoms with van der Waals surface area (Å²) in [6, 6.07) is 13.8. The van der Waals surface area contributed by atoms with E-state index in [4.69, 9.17) is 9.47 Å². The number of rotatable bonds is 7. The zero-order chi connectivity index (χ0) is 18.4. The van der Waals surface area contributed by atoms with Gasteiger partial charge < -0.3 is 19.7 Å². The van der Waals surface area contributed by atoms with Crippen LogP contribution < -0.4 is 19.7 Å². The third-order valence-corrected chi connectivity index (χ3v) is 4.99. The first-order valence-corrected chi connectivity index (χ1v) is 9.03. The first-order chi connectivity index (χ1) is 12.0.